The highest BCUT2D eigenvalue weighted by atomic mass is 16.5. The second-order valence-corrected chi connectivity index (χ2v) is 7.08. The molecule has 3 rings (SSSR count). The van der Waals surface area contributed by atoms with E-state index in [9.17, 15) is 0 Å². The first-order valence-electron chi connectivity index (χ1n) is 9.27. The summed E-state index contributed by atoms with van der Waals surface area (Å²) in [6, 6.07) is 10.5. The molecule has 4 nitrogen and oxygen atoms in total. The van der Waals surface area contributed by atoms with Crippen molar-refractivity contribution in [2.45, 2.75) is 33.1 Å². The van der Waals surface area contributed by atoms with Gasteiger partial charge in [0.05, 0.1) is 0 Å². The summed E-state index contributed by atoms with van der Waals surface area (Å²) in [5.41, 5.74) is 3.76. The summed E-state index contributed by atoms with van der Waals surface area (Å²) < 4.78 is 6.20. The molecule has 1 aromatic heterocycles. The number of pyridine rings is 1. The van der Waals surface area contributed by atoms with Crippen LogP contribution >= 0.6 is 0 Å². The molecule has 0 bridgehead atoms. The Morgan fingerprint density at radius 1 is 1.12 bits per heavy atom. The lowest BCUT2D eigenvalue weighted by atomic mass is 9.97. The zero-order valence-electron chi connectivity index (χ0n) is 15.8. The Balaban J connectivity index is 1.82. The first-order valence-corrected chi connectivity index (χ1v) is 9.27. The van der Waals surface area contributed by atoms with Crippen molar-refractivity contribution < 1.29 is 4.74 Å². The average Bonchev–Trinajstić information content (AvgIpc) is 2.62. The normalized spacial score (nSPS) is 15.6. The molecule has 2 heterocycles. The molecule has 0 radical (unpaired) electrons. The molecule has 0 N–H and O–H groups in total. The lowest BCUT2D eigenvalue weighted by Gasteiger charge is -2.34. The van der Waals surface area contributed by atoms with Crippen molar-refractivity contribution in [3.63, 3.8) is 0 Å². The summed E-state index contributed by atoms with van der Waals surface area (Å²) in [6.07, 6.45) is 2.78. The van der Waals surface area contributed by atoms with Crippen LogP contribution in [-0.2, 0) is 6.42 Å². The number of likely N-dealkylation sites (N-methyl/N-ethyl adjacent to an activating group) is 1. The molecule has 0 unspecified atom stereocenters. The minimum absolute atomic E-state index is 0.469. The quantitative estimate of drug-likeness (QED) is 0.811. The largest absolute Gasteiger partial charge is 0.439 e. The van der Waals surface area contributed by atoms with Gasteiger partial charge in [0.2, 0.25) is 5.88 Å². The number of hydrogen-bond donors (Lipinski definition) is 0. The smallest absolute Gasteiger partial charge is 0.222 e. The fourth-order valence-corrected chi connectivity index (χ4v) is 3.39. The van der Waals surface area contributed by atoms with Gasteiger partial charge in [-0.25, -0.2) is 4.98 Å². The standard InChI is InChI=1S/C21H29N3O/c1-5-19-20(16(2)3)9-10-22-21(19)25-18-8-6-7-17(15-18)24-13-11-23(4)12-14-24/h6-10,15-16H,5,11-14H2,1-4H3. The van der Waals surface area contributed by atoms with E-state index >= 15 is 0 Å². The van der Waals surface area contributed by atoms with Crippen molar-refractivity contribution in [1.82, 2.24) is 9.88 Å². The highest BCUT2D eigenvalue weighted by Gasteiger charge is 2.16. The predicted molar refractivity (Wildman–Crippen MR) is 104 cm³/mol. The van der Waals surface area contributed by atoms with Gasteiger partial charge in [0, 0.05) is 49.7 Å². The number of ether oxygens (including phenoxy) is 1. The maximum atomic E-state index is 6.20. The molecule has 1 saturated heterocycles. The monoisotopic (exact) mass is 339 g/mol. The van der Waals surface area contributed by atoms with Crippen LogP contribution in [0.3, 0.4) is 0 Å². The van der Waals surface area contributed by atoms with E-state index in [-0.39, 0.29) is 0 Å². The molecular formula is C21H29N3O. The highest BCUT2D eigenvalue weighted by Crippen LogP contribution is 2.31. The maximum Gasteiger partial charge on any atom is 0.222 e. The molecule has 1 aliphatic rings. The summed E-state index contributed by atoms with van der Waals surface area (Å²) >= 11 is 0. The summed E-state index contributed by atoms with van der Waals surface area (Å²) in [7, 11) is 2.18. The van der Waals surface area contributed by atoms with Crippen LogP contribution in [0, 0.1) is 0 Å². The first kappa shape index (κ1) is 17.7. The Morgan fingerprint density at radius 2 is 1.88 bits per heavy atom. The molecular weight excluding hydrogens is 310 g/mol. The van der Waals surface area contributed by atoms with Crippen LogP contribution in [0.5, 0.6) is 11.6 Å². The molecule has 1 fully saturated rings. The topological polar surface area (TPSA) is 28.6 Å². The van der Waals surface area contributed by atoms with Crippen LogP contribution in [0.25, 0.3) is 0 Å². The Bertz CT molecular complexity index is 706. The lowest BCUT2D eigenvalue weighted by Crippen LogP contribution is -2.44. The van der Waals surface area contributed by atoms with Gasteiger partial charge in [0.15, 0.2) is 0 Å². The van der Waals surface area contributed by atoms with Crippen molar-refractivity contribution in [2.75, 3.05) is 38.1 Å². The van der Waals surface area contributed by atoms with Crippen LogP contribution in [0.4, 0.5) is 5.69 Å². The van der Waals surface area contributed by atoms with Crippen molar-refractivity contribution in [3.8, 4) is 11.6 Å². The fraction of sp³-hybridized carbons (Fsp3) is 0.476. The number of nitrogens with zero attached hydrogens (tertiary/aromatic N) is 3. The molecule has 2 aromatic rings. The number of hydrogen-bond acceptors (Lipinski definition) is 4. The second-order valence-electron chi connectivity index (χ2n) is 7.08. The first-order chi connectivity index (χ1) is 12.1. The molecule has 0 spiro atoms. The Kier molecular flexibility index (Phi) is 5.59. The van der Waals surface area contributed by atoms with Crippen LogP contribution in [0.1, 0.15) is 37.8 Å². The molecule has 4 heteroatoms. The van der Waals surface area contributed by atoms with E-state index in [1.54, 1.807) is 0 Å². The molecule has 0 saturated carbocycles. The van der Waals surface area contributed by atoms with Crippen LogP contribution in [-0.4, -0.2) is 43.1 Å². The van der Waals surface area contributed by atoms with Crippen LogP contribution in [0.2, 0.25) is 0 Å². The van der Waals surface area contributed by atoms with Crippen molar-refractivity contribution in [1.29, 1.82) is 0 Å². The number of piperazine rings is 1. The molecule has 134 valence electrons. The van der Waals surface area contributed by atoms with E-state index in [1.165, 1.54) is 16.8 Å². The third-order valence-corrected chi connectivity index (χ3v) is 4.93. The average molecular weight is 339 g/mol. The van der Waals surface area contributed by atoms with E-state index in [2.05, 4.69) is 66.9 Å². The second kappa shape index (κ2) is 7.87. The summed E-state index contributed by atoms with van der Waals surface area (Å²) in [6.45, 7) is 10.9. The maximum absolute atomic E-state index is 6.20. The van der Waals surface area contributed by atoms with Gasteiger partial charge in [-0.3, -0.25) is 0 Å². The highest BCUT2D eigenvalue weighted by molar-refractivity contribution is 5.52. The number of aromatic nitrogens is 1. The minimum atomic E-state index is 0.469. The molecule has 1 aliphatic heterocycles. The van der Waals surface area contributed by atoms with E-state index in [1.807, 2.05) is 12.3 Å². The Morgan fingerprint density at radius 3 is 2.56 bits per heavy atom. The summed E-state index contributed by atoms with van der Waals surface area (Å²) in [5.74, 6) is 2.07. The number of anilines is 1. The van der Waals surface area contributed by atoms with E-state index in [0.29, 0.717) is 5.92 Å². The van der Waals surface area contributed by atoms with Crippen LogP contribution < -0.4 is 9.64 Å². The fourth-order valence-electron chi connectivity index (χ4n) is 3.39. The summed E-state index contributed by atoms with van der Waals surface area (Å²) in [5, 5.41) is 0. The number of benzene rings is 1. The van der Waals surface area contributed by atoms with Gasteiger partial charge >= 0.3 is 0 Å². The summed E-state index contributed by atoms with van der Waals surface area (Å²) in [4.78, 5) is 9.29. The van der Waals surface area contributed by atoms with Gasteiger partial charge < -0.3 is 14.5 Å². The minimum Gasteiger partial charge on any atom is -0.439 e. The molecule has 1 aromatic carbocycles. The van der Waals surface area contributed by atoms with Gasteiger partial charge in [0.25, 0.3) is 0 Å². The van der Waals surface area contributed by atoms with Crippen molar-refractivity contribution >= 4 is 5.69 Å². The Labute approximate surface area is 151 Å². The van der Waals surface area contributed by atoms with E-state index < -0.39 is 0 Å². The zero-order chi connectivity index (χ0) is 17.8. The van der Waals surface area contributed by atoms with Crippen molar-refractivity contribution in [2.24, 2.45) is 0 Å². The molecule has 25 heavy (non-hydrogen) atoms. The molecule has 0 amide bonds. The zero-order valence-corrected chi connectivity index (χ0v) is 15.8. The van der Waals surface area contributed by atoms with Gasteiger partial charge in [0.1, 0.15) is 5.75 Å². The van der Waals surface area contributed by atoms with Crippen molar-refractivity contribution in [3.05, 3.63) is 47.7 Å². The van der Waals surface area contributed by atoms with Gasteiger partial charge in [-0.2, -0.15) is 0 Å². The molecule has 0 atom stereocenters. The van der Waals surface area contributed by atoms with Crippen LogP contribution in [0.15, 0.2) is 36.5 Å². The van der Waals surface area contributed by atoms with Gasteiger partial charge in [-0.15, -0.1) is 0 Å². The van der Waals surface area contributed by atoms with E-state index in [4.69, 9.17) is 4.74 Å². The predicted octanol–water partition coefficient (Wildman–Crippen LogP) is 4.31. The third-order valence-electron chi connectivity index (χ3n) is 4.93. The Hall–Kier alpha value is -2.07. The number of rotatable bonds is 5. The third kappa shape index (κ3) is 4.13. The SMILES string of the molecule is CCc1c(C(C)C)ccnc1Oc1cccc(N2CCN(C)CC2)c1. The molecule has 0 aliphatic carbocycles. The lowest BCUT2D eigenvalue weighted by molar-refractivity contribution is 0.312. The van der Waals surface area contributed by atoms with E-state index in [0.717, 1.165) is 44.2 Å². The van der Waals surface area contributed by atoms with Gasteiger partial charge in [-0.1, -0.05) is 26.8 Å². The van der Waals surface area contributed by atoms with Gasteiger partial charge in [-0.05, 0) is 43.1 Å².